The Kier molecular flexibility index (Phi) is 3.98. The predicted octanol–water partition coefficient (Wildman–Crippen LogP) is 3.55. The van der Waals surface area contributed by atoms with E-state index in [0.29, 0.717) is 41.8 Å². The quantitative estimate of drug-likeness (QED) is 0.842. The third-order valence-corrected chi connectivity index (χ3v) is 8.16. The second-order valence-electron chi connectivity index (χ2n) is 9.13. The summed E-state index contributed by atoms with van der Waals surface area (Å²) in [6.07, 6.45) is 9.19. The zero-order valence-corrected chi connectivity index (χ0v) is 15.0. The van der Waals surface area contributed by atoms with Crippen LogP contribution in [0.25, 0.3) is 0 Å². The summed E-state index contributed by atoms with van der Waals surface area (Å²) >= 11 is 0. The Labute approximate surface area is 144 Å². The van der Waals surface area contributed by atoms with E-state index in [2.05, 4.69) is 13.8 Å². The summed E-state index contributed by atoms with van der Waals surface area (Å²) in [5, 5.41) is 9.32. The van der Waals surface area contributed by atoms with Gasteiger partial charge in [0.25, 0.3) is 0 Å². The Morgan fingerprint density at radius 3 is 2.75 bits per heavy atom. The monoisotopic (exact) mass is 330 g/mol. The lowest BCUT2D eigenvalue weighted by Gasteiger charge is -2.57. The van der Waals surface area contributed by atoms with Gasteiger partial charge in [0.1, 0.15) is 6.61 Å². The molecule has 0 aromatic heterocycles. The van der Waals surface area contributed by atoms with Crippen LogP contribution in [-0.2, 0) is 9.59 Å². The molecule has 4 rings (SSSR count). The summed E-state index contributed by atoms with van der Waals surface area (Å²) in [4.78, 5) is 24.1. The zero-order chi connectivity index (χ0) is 17.1. The van der Waals surface area contributed by atoms with E-state index in [-0.39, 0.29) is 23.7 Å². The second kappa shape index (κ2) is 5.79. The van der Waals surface area contributed by atoms with Crippen molar-refractivity contribution < 1.29 is 14.7 Å². The standard InChI is InChI=1S/C21H30O3/c1-12-9-18-15(5-6-16(18)19(24)11-22)17-4-3-13-10-14(23)7-8-21(13,2)20(12)17/h10,12,15-18,20,22H,3-9,11H2,1-2H3. The van der Waals surface area contributed by atoms with Gasteiger partial charge >= 0.3 is 0 Å². The van der Waals surface area contributed by atoms with Gasteiger partial charge in [-0.05, 0) is 79.6 Å². The molecular formula is C21H30O3. The van der Waals surface area contributed by atoms with E-state index in [1.165, 1.54) is 12.0 Å². The molecule has 132 valence electrons. The van der Waals surface area contributed by atoms with Gasteiger partial charge in [0.05, 0.1) is 0 Å². The molecule has 0 aromatic rings. The Morgan fingerprint density at radius 2 is 2.00 bits per heavy atom. The van der Waals surface area contributed by atoms with Crippen molar-refractivity contribution in [3.05, 3.63) is 11.6 Å². The highest BCUT2D eigenvalue weighted by Crippen LogP contribution is 2.64. The van der Waals surface area contributed by atoms with E-state index in [0.717, 1.165) is 32.1 Å². The Bertz CT molecular complexity index is 592. The van der Waals surface area contributed by atoms with E-state index in [1.807, 2.05) is 6.08 Å². The molecule has 7 atom stereocenters. The number of hydrogen-bond donors (Lipinski definition) is 1. The van der Waals surface area contributed by atoms with Crippen molar-refractivity contribution in [2.24, 2.45) is 40.9 Å². The topological polar surface area (TPSA) is 54.4 Å². The van der Waals surface area contributed by atoms with Crippen molar-refractivity contribution >= 4 is 11.6 Å². The van der Waals surface area contributed by atoms with Crippen LogP contribution in [0.4, 0.5) is 0 Å². The Hall–Kier alpha value is -0.960. The molecule has 3 nitrogen and oxygen atoms in total. The van der Waals surface area contributed by atoms with E-state index in [4.69, 9.17) is 0 Å². The first-order chi connectivity index (χ1) is 11.5. The minimum atomic E-state index is -0.289. The zero-order valence-electron chi connectivity index (χ0n) is 15.0. The average Bonchev–Trinajstić information content (AvgIpc) is 2.98. The predicted molar refractivity (Wildman–Crippen MR) is 92.2 cm³/mol. The van der Waals surface area contributed by atoms with Gasteiger partial charge in [-0.1, -0.05) is 19.4 Å². The highest BCUT2D eigenvalue weighted by molar-refractivity contribution is 5.91. The number of hydrogen-bond acceptors (Lipinski definition) is 3. The Morgan fingerprint density at radius 1 is 1.21 bits per heavy atom. The maximum atomic E-state index is 12.2. The van der Waals surface area contributed by atoms with Gasteiger partial charge in [-0.15, -0.1) is 0 Å². The summed E-state index contributed by atoms with van der Waals surface area (Å²) in [6, 6.07) is 0. The molecule has 0 spiro atoms. The first kappa shape index (κ1) is 16.5. The molecule has 1 N–H and O–H groups in total. The van der Waals surface area contributed by atoms with Gasteiger partial charge in [0.15, 0.2) is 11.6 Å². The third kappa shape index (κ3) is 2.27. The smallest absolute Gasteiger partial charge is 0.161 e. The molecule has 0 heterocycles. The van der Waals surface area contributed by atoms with Gasteiger partial charge in [-0.25, -0.2) is 0 Å². The summed E-state index contributed by atoms with van der Waals surface area (Å²) in [5.74, 6) is 3.59. The molecule has 0 aromatic carbocycles. The molecule has 24 heavy (non-hydrogen) atoms. The lowest BCUT2D eigenvalue weighted by molar-refractivity contribution is -0.129. The lowest BCUT2D eigenvalue weighted by atomic mass is 9.47. The fourth-order valence-electron chi connectivity index (χ4n) is 7.28. The molecule has 0 saturated heterocycles. The molecular weight excluding hydrogens is 300 g/mol. The third-order valence-electron chi connectivity index (χ3n) is 8.16. The lowest BCUT2D eigenvalue weighted by Crippen LogP contribution is -2.51. The van der Waals surface area contributed by atoms with Crippen molar-refractivity contribution in [2.45, 2.75) is 58.8 Å². The molecule has 4 aliphatic rings. The number of carbonyl (C=O) groups is 2. The molecule has 3 heteroatoms. The van der Waals surface area contributed by atoms with Crippen molar-refractivity contribution in [2.75, 3.05) is 6.61 Å². The van der Waals surface area contributed by atoms with Gasteiger partial charge in [0, 0.05) is 12.3 Å². The molecule has 0 aliphatic heterocycles. The summed E-state index contributed by atoms with van der Waals surface area (Å²) in [5.41, 5.74) is 1.60. The van der Waals surface area contributed by atoms with Crippen LogP contribution in [-0.4, -0.2) is 23.3 Å². The summed E-state index contributed by atoms with van der Waals surface area (Å²) in [7, 11) is 0. The molecule has 3 fully saturated rings. The number of Topliss-reactive ketones (excluding diaryl/α,β-unsaturated/α-hetero) is 1. The van der Waals surface area contributed by atoms with E-state index < -0.39 is 0 Å². The van der Waals surface area contributed by atoms with Crippen LogP contribution in [0.15, 0.2) is 11.6 Å². The minimum Gasteiger partial charge on any atom is -0.389 e. The molecule has 7 unspecified atom stereocenters. The summed E-state index contributed by atoms with van der Waals surface area (Å²) in [6.45, 7) is 4.49. The van der Waals surface area contributed by atoms with Gasteiger partial charge < -0.3 is 5.11 Å². The maximum absolute atomic E-state index is 12.2. The van der Waals surface area contributed by atoms with Crippen LogP contribution in [0.3, 0.4) is 0 Å². The first-order valence-electron chi connectivity index (χ1n) is 9.83. The normalized spacial score (nSPS) is 47.5. The number of ketones is 2. The van der Waals surface area contributed by atoms with Crippen molar-refractivity contribution in [3.8, 4) is 0 Å². The number of allylic oxidation sites excluding steroid dienone is 1. The first-order valence-corrected chi connectivity index (χ1v) is 9.83. The second-order valence-corrected chi connectivity index (χ2v) is 9.13. The van der Waals surface area contributed by atoms with Gasteiger partial charge in [-0.3, -0.25) is 9.59 Å². The number of aliphatic hydroxyl groups excluding tert-OH is 1. The van der Waals surface area contributed by atoms with Crippen LogP contribution in [0.2, 0.25) is 0 Å². The van der Waals surface area contributed by atoms with Crippen LogP contribution >= 0.6 is 0 Å². The van der Waals surface area contributed by atoms with E-state index in [9.17, 15) is 14.7 Å². The molecule has 0 radical (unpaired) electrons. The largest absolute Gasteiger partial charge is 0.389 e. The van der Waals surface area contributed by atoms with Crippen LogP contribution in [0.5, 0.6) is 0 Å². The van der Waals surface area contributed by atoms with Crippen molar-refractivity contribution in [3.63, 3.8) is 0 Å². The molecule has 4 aliphatic carbocycles. The van der Waals surface area contributed by atoms with Gasteiger partial charge in [0.2, 0.25) is 0 Å². The maximum Gasteiger partial charge on any atom is 0.161 e. The number of rotatable bonds is 2. The SMILES string of the molecule is CC1CC2C(C(=O)CO)CCC2C2CCC3=CC(=O)CCC3(C)C12. The number of aliphatic hydroxyl groups is 1. The number of carbonyl (C=O) groups excluding carboxylic acids is 2. The van der Waals surface area contributed by atoms with Crippen molar-refractivity contribution in [1.82, 2.24) is 0 Å². The fraction of sp³-hybridized carbons (Fsp3) is 0.810. The van der Waals surface area contributed by atoms with E-state index >= 15 is 0 Å². The average molecular weight is 330 g/mol. The number of fused-ring (bicyclic) bond motifs is 5. The minimum absolute atomic E-state index is 0.0685. The van der Waals surface area contributed by atoms with Crippen LogP contribution in [0, 0.1) is 40.9 Å². The van der Waals surface area contributed by atoms with Crippen LogP contribution < -0.4 is 0 Å². The Balaban J connectivity index is 1.65. The highest BCUT2D eigenvalue weighted by atomic mass is 16.3. The molecule has 0 amide bonds. The van der Waals surface area contributed by atoms with Crippen molar-refractivity contribution in [1.29, 1.82) is 0 Å². The summed E-state index contributed by atoms with van der Waals surface area (Å²) < 4.78 is 0. The fourth-order valence-corrected chi connectivity index (χ4v) is 7.28. The van der Waals surface area contributed by atoms with Crippen LogP contribution in [0.1, 0.15) is 58.8 Å². The van der Waals surface area contributed by atoms with E-state index in [1.54, 1.807) is 0 Å². The molecule has 3 saturated carbocycles. The highest BCUT2D eigenvalue weighted by Gasteiger charge is 2.57. The molecule has 0 bridgehead atoms. The van der Waals surface area contributed by atoms with Gasteiger partial charge in [-0.2, -0.15) is 0 Å².